The standard InChI is InChI=1S/C13H24N2OS/c1-10(14)12(16)15-7-6-13(9-15)4-2-11(8-17)3-5-13/h10-11,17H,2-9,14H2,1H3. The van der Waals surface area contributed by atoms with Crippen molar-refractivity contribution in [3.63, 3.8) is 0 Å². The number of nitrogens with two attached hydrogens (primary N) is 1. The molecule has 17 heavy (non-hydrogen) atoms. The molecular weight excluding hydrogens is 232 g/mol. The fourth-order valence-electron chi connectivity index (χ4n) is 3.29. The molecule has 1 aliphatic heterocycles. The Bertz CT molecular complexity index is 285. The van der Waals surface area contributed by atoms with Gasteiger partial charge in [-0.2, -0.15) is 12.6 Å². The Labute approximate surface area is 110 Å². The number of likely N-dealkylation sites (tertiary alicyclic amines) is 1. The highest BCUT2D eigenvalue weighted by Gasteiger charge is 2.42. The summed E-state index contributed by atoms with van der Waals surface area (Å²) in [5.41, 5.74) is 6.08. The predicted molar refractivity (Wildman–Crippen MR) is 73.1 cm³/mol. The molecule has 2 aliphatic rings. The van der Waals surface area contributed by atoms with E-state index in [-0.39, 0.29) is 11.9 Å². The van der Waals surface area contributed by atoms with E-state index in [0.717, 1.165) is 24.8 Å². The summed E-state index contributed by atoms with van der Waals surface area (Å²) in [7, 11) is 0. The summed E-state index contributed by atoms with van der Waals surface area (Å²) in [5, 5.41) is 0. The lowest BCUT2D eigenvalue weighted by atomic mass is 9.70. The smallest absolute Gasteiger partial charge is 0.239 e. The second-order valence-corrected chi connectivity index (χ2v) is 6.29. The highest BCUT2D eigenvalue weighted by molar-refractivity contribution is 7.80. The van der Waals surface area contributed by atoms with Gasteiger partial charge in [0.05, 0.1) is 6.04 Å². The highest BCUT2D eigenvalue weighted by Crippen LogP contribution is 2.45. The van der Waals surface area contributed by atoms with Crippen molar-refractivity contribution in [3.8, 4) is 0 Å². The SMILES string of the molecule is CC(N)C(=O)N1CCC2(CCC(CS)CC2)C1. The second kappa shape index (κ2) is 5.19. The largest absolute Gasteiger partial charge is 0.341 e. The van der Waals surface area contributed by atoms with Crippen LogP contribution < -0.4 is 5.73 Å². The summed E-state index contributed by atoms with van der Waals surface area (Å²) >= 11 is 4.39. The van der Waals surface area contributed by atoms with Crippen LogP contribution in [0.5, 0.6) is 0 Å². The molecule has 2 fully saturated rings. The van der Waals surface area contributed by atoms with Gasteiger partial charge in [-0.1, -0.05) is 0 Å². The zero-order chi connectivity index (χ0) is 12.5. The highest BCUT2D eigenvalue weighted by atomic mass is 32.1. The van der Waals surface area contributed by atoms with Gasteiger partial charge in [0, 0.05) is 13.1 Å². The fourth-order valence-corrected chi connectivity index (χ4v) is 3.66. The molecule has 1 aliphatic carbocycles. The Kier molecular flexibility index (Phi) is 4.03. The Balaban J connectivity index is 1.91. The molecule has 0 aromatic rings. The van der Waals surface area contributed by atoms with Crippen molar-refractivity contribution in [3.05, 3.63) is 0 Å². The molecule has 0 radical (unpaired) electrons. The van der Waals surface area contributed by atoms with Crippen molar-refractivity contribution in [2.24, 2.45) is 17.1 Å². The summed E-state index contributed by atoms with van der Waals surface area (Å²) in [4.78, 5) is 13.9. The second-order valence-electron chi connectivity index (χ2n) is 5.92. The Morgan fingerprint density at radius 3 is 2.65 bits per heavy atom. The number of rotatable bonds is 2. The van der Waals surface area contributed by atoms with Gasteiger partial charge < -0.3 is 10.6 Å². The number of hydrogen-bond donors (Lipinski definition) is 2. The zero-order valence-electron chi connectivity index (χ0n) is 10.7. The van der Waals surface area contributed by atoms with Crippen molar-refractivity contribution in [2.75, 3.05) is 18.8 Å². The molecule has 1 atom stereocenters. The number of amides is 1. The van der Waals surface area contributed by atoms with Crippen molar-refractivity contribution >= 4 is 18.5 Å². The normalized spacial score (nSPS) is 35.2. The quantitative estimate of drug-likeness (QED) is 0.738. The van der Waals surface area contributed by atoms with Crippen LogP contribution in [0.3, 0.4) is 0 Å². The number of thiol groups is 1. The number of nitrogens with zero attached hydrogens (tertiary/aromatic N) is 1. The molecule has 98 valence electrons. The third kappa shape index (κ3) is 2.79. The van der Waals surface area contributed by atoms with Gasteiger partial charge in [-0.3, -0.25) is 4.79 Å². The van der Waals surface area contributed by atoms with Crippen LogP contribution in [0.4, 0.5) is 0 Å². The number of hydrogen-bond acceptors (Lipinski definition) is 3. The molecule has 4 heteroatoms. The Hall–Kier alpha value is -0.220. The fraction of sp³-hybridized carbons (Fsp3) is 0.923. The minimum absolute atomic E-state index is 0.123. The van der Waals surface area contributed by atoms with Gasteiger partial charge in [0.2, 0.25) is 5.91 Å². The summed E-state index contributed by atoms with van der Waals surface area (Å²) < 4.78 is 0. The van der Waals surface area contributed by atoms with E-state index >= 15 is 0 Å². The lowest BCUT2D eigenvalue weighted by Crippen LogP contribution is -2.42. The molecule has 1 saturated heterocycles. The molecule has 1 spiro atoms. The summed E-state index contributed by atoms with van der Waals surface area (Å²) in [6.07, 6.45) is 6.26. The molecule has 1 amide bonds. The minimum atomic E-state index is -0.348. The van der Waals surface area contributed by atoms with E-state index in [9.17, 15) is 4.79 Å². The predicted octanol–water partition coefficient (Wildman–Crippen LogP) is 1.67. The molecule has 0 aromatic carbocycles. The van der Waals surface area contributed by atoms with Crippen LogP contribution in [0, 0.1) is 11.3 Å². The molecule has 1 heterocycles. The van der Waals surface area contributed by atoms with Crippen LogP contribution in [0.25, 0.3) is 0 Å². The maximum atomic E-state index is 11.9. The lowest BCUT2D eigenvalue weighted by molar-refractivity contribution is -0.131. The van der Waals surface area contributed by atoms with E-state index in [1.54, 1.807) is 6.92 Å². The van der Waals surface area contributed by atoms with E-state index < -0.39 is 0 Å². The van der Waals surface area contributed by atoms with Crippen molar-refractivity contribution in [1.29, 1.82) is 0 Å². The number of carbonyl (C=O) groups is 1. The van der Waals surface area contributed by atoms with Gasteiger partial charge in [0.1, 0.15) is 0 Å². The van der Waals surface area contributed by atoms with Crippen molar-refractivity contribution < 1.29 is 4.79 Å². The maximum Gasteiger partial charge on any atom is 0.239 e. The molecule has 0 bridgehead atoms. The molecule has 1 unspecified atom stereocenters. The topological polar surface area (TPSA) is 46.3 Å². The molecule has 3 nitrogen and oxygen atoms in total. The molecule has 2 N–H and O–H groups in total. The summed E-state index contributed by atoms with van der Waals surface area (Å²) in [6.45, 7) is 3.63. The molecule has 0 aromatic heterocycles. The zero-order valence-corrected chi connectivity index (χ0v) is 11.6. The van der Waals surface area contributed by atoms with E-state index in [0.29, 0.717) is 5.41 Å². The monoisotopic (exact) mass is 256 g/mol. The third-order valence-corrected chi connectivity index (χ3v) is 5.08. The Morgan fingerprint density at radius 2 is 2.12 bits per heavy atom. The lowest BCUT2D eigenvalue weighted by Gasteiger charge is -2.36. The number of carbonyl (C=O) groups excluding carboxylic acids is 1. The molecular formula is C13H24N2OS. The van der Waals surface area contributed by atoms with Gasteiger partial charge in [-0.15, -0.1) is 0 Å². The van der Waals surface area contributed by atoms with Gasteiger partial charge in [-0.25, -0.2) is 0 Å². The average Bonchev–Trinajstić information content (AvgIpc) is 2.73. The first kappa shape index (κ1) is 13.2. The van der Waals surface area contributed by atoms with Crippen molar-refractivity contribution in [2.45, 2.75) is 45.1 Å². The maximum absolute atomic E-state index is 11.9. The van der Waals surface area contributed by atoms with Gasteiger partial charge in [0.15, 0.2) is 0 Å². The molecule has 2 rings (SSSR count). The first-order valence-corrected chi connectivity index (χ1v) is 7.35. The van der Waals surface area contributed by atoms with E-state index in [2.05, 4.69) is 12.6 Å². The van der Waals surface area contributed by atoms with Crippen LogP contribution in [0.15, 0.2) is 0 Å². The summed E-state index contributed by atoms with van der Waals surface area (Å²) in [6, 6.07) is -0.348. The molecule has 1 saturated carbocycles. The average molecular weight is 256 g/mol. The van der Waals surface area contributed by atoms with Crippen LogP contribution in [0.2, 0.25) is 0 Å². The minimum Gasteiger partial charge on any atom is -0.341 e. The first-order chi connectivity index (χ1) is 8.06. The van der Waals surface area contributed by atoms with Crippen LogP contribution in [-0.2, 0) is 4.79 Å². The van der Waals surface area contributed by atoms with Crippen molar-refractivity contribution in [1.82, 2.24) is 4.90 Å². The van der Waals surface area contributed by atoms with Crippen LogP contribution >= 0.6 is 12.6 Å². The van der Waals surface area contributed by atoms with Crippen LogP contribution in [0.1, 0.15) is 39.0 Å². The third-order valence-electron chi connectivity index (χ3n) is 4.56. The summed E-state index contributed by atoms with van der Waals surface area (Å²) in [5.74, 6) is 1.93. The van der Waals surface area contributed by atoms with E-state index in [1.807, 2.05) is 4.90 Å². The van der Waals surface area contributed by atoms with Crippen LogP contribution in [-0.4, -0.2) is 35.7 Å². The van der Waals surface area contributed by atoms with Gasteiger partial charge in [-0.05, 0) is 56.1 Å². The van der Waals surface area contributed by atoms with Gasteiger partial charge >= 0.3 is 0 Å². The van der Waals surface area contributed by atoms with E-state index in [1.165, 1.54) is 32.1 Å². The van der Waals surface area contributed by atoms with Gasteiger partial charge in [0.25, 0.3) is 0 Å². The van der Waals surface area contributed by atoms with E-state index in [4.69, 9.17) is 5.73 Å². The Morgan fingerprint density at radius 1 is 1.47 bits per heavy atom. The first-order valence-electron chi connectivity index (χ1n) is 6.71.